The minimum Gasteiger partial charge on any atom is -0.508 e. The first kappa shape index (κ1) is 18.4. The summed E-state index contributed by atoms with van der Waals surface area (Å²) in [5, 5.41) is 9.98. The van der Waals surface area contributed by atoms with Crippen molar-refractivity contribution in [1.29, 1.82) is 0 Å². The number of nitrogen functional groups attached to an aromatic ring is 1. The normalized spacial score (nSPS) is 14.3. The number of benzene rings is 2. The molecule has 5 rings (SSSR count). The topological polar surface area (TPSA) is 102 Å². The summed E-state index contributed by atoms with van der Waals surface area (Å²) < 4.78 is 7.49. The molecule has 1 aliphatic rings. The van der Waals surface area contributed by atoms with Gasteiger partial charge in [0, 0.05) is 24.3 Å². The van der Waals surface area contributed by atoms with E-state index in [4.69, 9.17) is 20.4 Å². The van der Waals surface area contributed by atoms with Crippen LogP contribution in [0.3, 0.4) is 0 Å². The van der Waals surface area contributed by atoms with E-state index in [1.807, 2.05) is 34.9 Å². The summed E-state index contributed by atoms with van der Waals surface area (Å²) in [6, 6.07) is 14.8. The van der Waals surface area contributed by atoms with Gasteiger partial charge in [0.15, 0.2) is 5.65 Å². The van der Waals surface area contributed by atoms with Gasteiger partial charge in [-0.3, -0.25) is 0 Å². The van der Waals surface area contributed by atoms with E-state index < -0.39 is 0 Å². The Labute approximate surface area is 173 Å². The predicted molar refractivity (Wildman–Crippen MR) is 115 cm³/mol. The maximum Gasteiger partial charge on any atom is 0.228 e. The highest BCUT2D eigenvalue weighted by Crippen LogP contribution is 2.30. The van der Waals surface area contributed by atoms with Crippen LogP contribution in [0.4, 0.5) is 11.6 Å². The standard InChI is InChI=1S/C22H22N6O2/c23-17-6-4-15(5-7-17)13-28-14-24-20-19(16-2-1-3-18(29)12-16)25-22(26-21(20)28)27-8-10-30-11-9-27/h1-7,12,14,29H,8-11,13,23H2. The molecular weight excluding hydrogens is 380 g/mol. The number of hydrogen-bond acceptors (Lipinski definition) is 7. The number of imidazole rings is 1. The number of anilines is 2. The molecular formula is C22H22N6O2. The highest BCUT2D eigenvalue weighted by molar-refractivity contribution is 5.88. The summed E-state index contributed by atoms with van der Waals surface area (Å²) in [6.45, 7) is 3.38. The van der Waals surface area contributed by atoms with Gasteiger partial charge in [-0.05, 0) is 29.8 Å². The number of phenols is 1. The molecule has 0 bridgehead atoms. The fourth-order valence-corrected chi connectivity index (χ4v) is 3.63. The van der Waals surface area contributed by atoms with E-state index in [1.54, 1.807) is 24.5 Å². The first-order chi connectivity index (χ1) is 14.7. The Morgan fingerprint density at radius 1 is 1.03 bits per heavy atom. The number of nitrogens with zero attached hydrogens (tertiary/aromatic N) is 5. The summed E-state index contributed by atoms with van der Waals surface area (Å²) >= 11 is 0. The number of nitrogens with two attached hydrogens (primary N) is 1. The molecule has 0 unspecified atom stereocenters. The second-order valence-electron chi connectivity index (χ2n) is 7.31. The van der Waals surface area contributed by atoms with Crippen molar-refractivity contribution in [2.75, 3.05) is 36.9 Å². The van der Waals surface area contributed by atoms with Crippen LogP contribution >= 0.6 is 0 Å². The molecule has 1 fully saturated rings. The van der Waals surface area contributed by atoms with Crippen LogP contribution in [0.25, 0.3) is 22.4 Å². The molecule has 2 aromatic heterocycles. The highest BCUT2D eigenvalue weighted by atomic mass is 16.5. The van der Waals surface area contributed by atoms with E-state index in [1.165, 1.54) is 0 Å². The third-order valence-electron chi connectivity index (χ3n) is 5.20. The van der Waals surface area contributed by atoms with Crippen molar-refractivity contribution in [3.05, 3.63) is 60.4 Å². The second-order valence-corrected chi connectivity index (χ2v) is 7.31. The van der Waals surface area contributed by atoms with Crippen LogP contribution in [0.5, 0.6) is 5.75 Å². The number of morpholine rings is 1. The van der Waals surface area contributed by atoms with Gasteiger partial charge in [0.1, 0.15) is 17.0 Å². The molecule has 0 atom stereocenters. The van der Waals surface area contributed by atoms with Crippen molar-refractivity contribution in [2.24, 2.45) is 0 Å². The predicted octanol–water partition coefficient (Wildman–Crippen LogP) is 2.67. The minimum atomic E-state index is 0.188. The zero-order chi connectivity index (χ0) is 20.5. The first-order valence-corrected chi connectivity index (χ1v) is 9.87. The van der Waals surface area contributed by atoms with Gasteiger partial charge >= 0.3 is 0 Å². The van der Waals surface area contributed by atoms with Gasteiger partial charge in [-0.15, -0.1) is 0 Å². The maximum atomic E-state index is 9.98. The van der Waals surface area contributed by atoms with E-state index in [-0.39, 0.29) is 5.75 Å². The van der Waals surface area contributed by atoms with Crippen molar-refractivity contribution in [3.8, 4) is 17.0 Å². The van der Waals surface area contributed by atoms with Gasteiger partial charge in [-0.2, -0.15) is 4.98 Å². The average Bonchev–Trinajstić information content (AvgIpc) is 3.18. The summed E-state index contributed by atoms with van der Waals surface area (Å²) in [4.78, 5) is 16.4. The second kappa shape index (κ2) is 7.64. The molecule has 8 heteroatoms. The van der Waals surface area contributed by atoms with E-state index in [9.17, 15) is 5.11 Å². The Kier molecular flexibility index (Phi) is 4.68. The molecule has 3 N–H and O–H groups in total. The fraction of sp³-hybridized carbons (Fsp3) is 0.227. The Balaban J connectivity index is 1.64. The monoisotopic (exact) mass is 402 g/mol. The Morgan fingerprint density at radius 2 is 1.83 bits per heavy atom. The number of aromatic hydroxyl groups is 1. The highest BCUT2D eigenvalue weighted by Gasteiger charge is 2.20. The van der Waals surface area contributed by atoms with Crippen molar-refractivity contribution >= 4 is 22.8 Å². The van der Waals surface area contributed by atoms with Crippen LogP contribution in [0, 0.1) is 0 Å². The van der Waals surface area contributed by atoms with E-state index >= 15 is 0 Å². The Bertz CT molecular complexity index is 1180. The SMILES string of the molecule is Nc1ccc(Cn2cnc3c(-c4cccc(O)c4)nc(N4CCOCC4)nc32)cc1. The minimum absolute atomic E-state index is 0.188. The molecule has 8 nitrogen and oxygen atoms in total. The van der Waals surface area contributed by atoms with Gasteiger partial charge in [0.25, 0.3) is 0 Å². The van der Waals surface area contributed by atoms with Crippen LogP contribution < -0.4 is 10.6 Å². The largest absolute Gasteiger partial charge is 0.508 e. The zero-order valence-corrected chi connectivity index (χ0v) is 16.4. The molecule has 0 spiro atoms. The molecule has 0 aliphatic carbocycles. The summed E-state index contributed by atoms with van der Waals surface area (Å²) in [5.41, 5.74) is 10.6. The summed E-state index contributed by atoms with van der Waals surface area (Å²) in [6.07, 6.45) is 1.78. The summed E-state index contributed by atoms with van der Waals surface area (Å²) in [5.74, 6) is 0.830. The Morgan fingerprint density at radius 3 is 2.60 bits per heavy atom. The first-order valence-electron chi connectivity index (χ1n) is 9.87. The molecule has 3 heterocycles. The van der Waals surface area contributed by atoms with Gasteiger partial charge in [0.05, 0.1) is 26.1 Å². The molecule has 1 aliphatic heterocycles. The lowest BCUT2D eigenvalue weighted by Gasteiger charge is -2.27. The van der Waals surface area contributed by atoms with Crippen LogP contribution in [-0.2, 0) is 11.3 Å². The molecule has 1 saturated heterocycles. The number of rotatable bonds is 4. The summed E-state index contributed by atoms with van der Waals surface area (Å²) in [7, 11) is 0. The van der Waals surface area contributed by atoms with Gasteiger partial charge in [0.2, 0.25) is 5.95 Å². The van der Waals surface area contributed by atoms with Crippen LogP contribution in [0.2, 0.25) is 0 Å². The number of fused-ring (bicyclic) bond motifs is 1. The number of aromatic nitrogens is 4. The average molecular weight is 402 g/mol. The van der Waals surface area contributed by atoms with Crippen molar-refractivity contribution in [2.45, 2.75) is 6.54 Å². The third-order valence-corrected chi connectivity index (χ3v) is 5.20. The van der Waals surface area contributed by atoms with Gasteiger partial charge < -0.3 is 25.0 Å². The van der Waals surface area contributed by atoms with Crippen LogP contribution in [0.1, 0.15) is 5.56 Å². The van der Waals surface area contributed by atoms with Crippen LogP contribution in [0.15, 0.2) is 54.9 Å². The van der Waals surface area contributed by atoms with Gasteiger partial charge in [-0.25, -0.2) is 9.97 Å². The molecule has 30 heavy (non-hydrogen) atoms. The molecule has 0 amide bonds. The molecule has 0 radical (unpaired) electrons. The van der Waals surface area contributed by atoms with E-state index in [0.29, 0.717) is 36.9 Å². The lowest BCUT2D eigenvalue weighted by atomic mass is 10.1. The lowest BCUT2D eigenvalue weighted by Crippen LogP contribution is -2.37. The van der Waals surface area contributed by atoms with Crippen molar-refractivity contribution in [1.82, 2.24) is 19.5 Å². The molecule has 4 aromatic rings. The fourth-order valence-electron chi connectivity index (χ4n) is 3.63. The van der Waals surface area contributed by atoms with Gasteiger partial charge in [-0.1, -0.05) is 24.3 Å². The quantitative estimate of drug-likeness (QED) is 0.506. The van der Waals surface area contributed by atoms with E-state index in [0.717, 1.165) is 35.6 Å². The van der Waals surface area contributed by atoms with E-state index in [2.05, 4.69) is 9.88 Å². The van der Waals surface area contributed by atoms with Crippen LogP contribution in [-0.4, -0.2) is 50.9 Å². The molecule has 152 valence electrons. The number of hydrogen-bond donors (Lipinski definition) is 2. The molecule has 0 saturated carbocycles. The maximum absolute atomic E-state index is 9.98. The smallest absolute Gasteiger partial charge is 0.228 e. The lowest BCUT2D eigenvalue weighted by molar-refractivity contribution is 0.122. The molecule has 2 aromatic carbocycles. The van der Waals surface area contributed by atoms with Crippen molar-refractivity contribution < 1.29 is 9.84 Å². The number of ether oxygens (including phenoxy) is 1. The third kappa shape index (κ3) is 3.53. The number of phenolic OH excluding ortho intramolecular Hbond substituents is 1. The van der Waals surface area contributed by atoms with Crippen molar-refractivity contribution in [3.63, 3.8) is 0 Å². The zero-order valence-electron chi connectivity index (χ0n) is 16.4. The Hall–Kier alpha value is -3.65.